The molecule has 1 heterocycles. The van der Waals surface area contributed by atoms with Crippen LogP contribution in [0.25, 0.3) is 0 Å². The molecule has 1 rings (SSSR count). The minimum absolute atomic E-state index is 0.179. The Balaban J connectivity index is 2.31. The van der Waals surface area contributed by atoms with E-state index in [9.17, 15) is 9.59 Å². The number of rotatable bonds is 7. The summed E-state index contributed by atoms with van der Waals surface area (Å²) in [7, 11) is 0. The summed E-state index contributed by atoms with van der Waals surface area (Å²) in [6, 6.07) is 0. The second-order valence-electron chi connectivity index (χ2n) is 5.12. The predicted octanol–water partition coefficient (Wildman–Crippen LogP) is -0.262. The molecular weight excluding hydrogens is 256 g/mol. The van der Waals surface area contributed by atoms with Gasteiger partial charge in [-0.25, -0.2) is 0 Å². The number of hydrogen-bond acceptors (Lipinski definition) is 4. The molecule has 2 amide bonds. The molecule has 2 N–H and O–H groups in total. The highest BCUT2D eigenvalue weighted by molar-refractivity contribution is 5.78. The van der Waals surface area contributed by atoms with E-state index >= 15 is 0 Å². The smallest absolute Gasteiger partial charge is 0.236 e. The quantitative estimate of drug-likeness (QED) is 0.699. The van der Waals surface area contributed by atoms with Gasteiger partial charge in [-0.1, -0.05) is 0 Å². The summed E-state index contributed by atoms with van der Waals surface area (Å²) in [6.45, 7) is 9.52. The molecule has 20 heavy (non-hydrogen) atoms. The summed E-state index contributed by atoms with van der Waals surface area (Å²) >= 11 is 0. The first kappa shape index (κ1) is 16.9. The third-order valence-electron chi connectivity index (χ3n) is 3.79. The molecule has 0 bridgehead atoms. The number of hydrogen-bond donors (Lipinski definition) is 1. The van der Waals surface area contributed by atoms with Crippen LogP contribution in [0.3, 0.4) is 0 Å². The molecule has 0 atom stereocenters. The lowest BCUT2D eigenvalue weighted by Crippen LogP contribution is -2.51. The molecule has 0 unspecified atom stereocenters. The van der Waals surface area contributed by atoms with Crippen molar-refractivity contribution >= 4 is 11.8 Å². The van der Waals surface area contributed by atoms with E-state index in [1.165, 1.54) is 0 Å². The summed E-state index contributed by atoms with van der Waals surface area (Å²) in [5.74, 6) is 0.364. The summed E-state index contributed by atoms with van der Waals surface area (Å²) in [5, 5.41) is 0. The topological polar surface area (TPSA) is 69.9 Å². The van der Waals surface area contributed by atoms with Gasteiger partial charge < -0.3 is 15.5 Å². The van der Waals surface area contributed by atoms with Crippen molar-refractivity contribution in [1.29, 1.82) is 0 Å². The molecule has 0 saturated carbocycles. The van der Waals surface area contributed by atoms with Crippen LogP contribution in [0.1, 0.15) is 26.7 Å². The molecule has 0 aliphatic carbocycles. The van der Waals surface area contributed by atoms with E-state index in [4.69, 9.17) is 5.73 Å². The van der Waals surface area contributed by atoms with Gasteiger partial charge in [0, 0.05) is 45.7 Å². The zero-order valence-corrected chi connectivity index (χ0v) is 12.8. The van der Waals surface area contributed by atoms with Gasteiger partial charge in [0.15, 0.2) is 0 Å². The fourth-order valence-corrected chi connectivity index (χ4v) is 2.43. The summed E-state index contributed by atoms with van der Waals surface area (Å²) in [6.07, 6.45) is 1.29. The summed E-state index contributed by atoms with van der Waals surface area (Å²) in [4.78, 5) is 29.7. The molecule has 0 spiro atoms. The van der Waals surface area contributed by atoms with Crippen LogP contribution in [-0.4, -0.2) is 78.9 Å². The van der Waals surface area contributed by atoms with Gasteiger partial charge in [-0.2, -0.15) is 0 Å². The van der Waals surface area contributed by atoms with Gasteiger partial charge in [0.05, 0.1) is 6.54 Å². The van der Waals surface area contributed by atoms with E-state index in [2.05, 4.69) is 4.90 Å². The molecule has 1 aliphatic heterocycles. The highest BCUT2D eigenvalue weighted by Crippen LogP contribution is 2.05. The molecular formula is C14H28N4O2. The lowest BCUT2D eigenvalue weighted by Gasteiger charge is -2.35. The van der Waals surface area contributed by atoms with Crippen molar-refractivity contribution in [2.24, 2.45) is 5.73 Å². The Morgan fingerprint density at radius 3 is 2.20 bits per heavy atom. The van der Waals surface area contributed by atoms with Gasteiger partial charge in [-0.05, 0) is 26.8 Å². The lowest BCUT2D eigenvalue weighted by atomic mass is 10.2. The molecule has 6 heteroatoms. The molecule has 1 aliphatic rings. The highest BCUT2D eigenvalue weighted by atomic mass is 16.2. The molecule has 0 aromatic carbocycles. The molecule has 0 aromatic heterocycles. The van der Waals surface area contributed by atoms with Crippen molar-refractivity contribution in [2.75, 3.05) is 52.4 Å². The van der Waals surface area contributed by atoms with Crippen molar-refractivity contribution in [3.8, 4) is 0 Å². The maximum absolute atomic E-state index is 12.0. The van der Waals surface area contributed by atoms with E-state index in [-0.39, 0.29) is 11.8 Å². The van der Waals surface area contributed by atoms with Crippen molar-refractivity contribution in [3.05, 3.63) is 0 Å². The minimum Gasteiger partial charge on any atom is -0.342 e. The van der Waals surface area contributed by atoms with Gasteiger partial charge in [-0.15, -0.1) is 0 Å². The lowest BCUT2D eigenvalue weighted by molar-refractivity contribution is -0.135. The number of piperazine rings is 1. The average Bonchev–Trinajstić information content (AvgIpc) is 2.46. The Morgan fingerprint density at radius 1 is 1.10 bits per heavy atom. The summed E-state index contributed by atoms with van der Waals surface area (Å²) < 4.78 is 0. The van der Waals surface area contributed by atoms with Gasteiger partial charge in [0.1, 0.15) is 0 Å². The fraction of sp³-hybridized carbons (Fsp3) is 0.857. The average molecular weight is 284 g/mol. The standard InChI is InChI=1S/C14H28N4O2/c1-3-17(4-2)14(20)12-16-8-10-18(11-9-16)13(19)6-5-7-15/h3-12,15H2,1-2H3. The van der Waals surface area contributed by atoms with Crippen LogP contribution in [0, 0.1) is 0 Å². The third kappa shape index (κ3) is 5.09. The summed E-state index contributed by atoms with van der Waals surface area (Å²) in [5.41, 5.74) is 5.42. The molecule has 1 saturated heterocycles. The Kier molecular flexibility index (Phi) is 7.54. The maximum Gasteiger partial charge on any atom is 0.236 e. The number of nitrogens with zero attached hydrogens (tertiary/aromatic N) is 3. The molecule has 1 fully saturated rings. The number of carbonyl (C=O) groups excluding carboxylic acids is 2. The van der Waals surface area contributed by atoms with E-state index in [1.807, 2.05) is 23.6 Å². The van der Waals surface area contributed by atoms with E-state index in [0.29, 0.717) is 19.5 Å². The normalized spacial score (nSPS) is 16.2. The van der Waals surface area contributed by atoms with Gasteiger partial charge >= 0.3 is 0 Å². The molecule has 6 nitrogen and oxygen atoms in total. The number of carbonyl (C=O) groups is 2. The fourth-order valence-electron chi connectivity index (χ4n) is 2.43. The second kappa shape index (κ2) is 8.92. The van der Waals surface area contributed by atoms with Gasteiger partial charge in [0.2, 0.25) is 11.8 Å². The number of amides is 2. The Labute approximate surface area is 121 Å². The van der Waals surface area contributed by atoms with E-state index in [1.54, 1.807) is 0 Å². The Hall–Kier alpha value is -1.14. The molecule has 0 aromatic rings. The van der Waals surface area contributed by atoms with Crippen LogP contribution < -0.4 is 5.73 Å². The maximum atomic E-state index is 12.0. The van der Waals surface area contributed by atoms with Crippen LogP contribution in [0.2, 0.25) is 0 Å². The van der Waals surface area contributed by atoms with Gasteiger partial charge in [0.25, 0.3) is 0 Å². The first-order valence-corrected chi connectivity index (χ1v) is 7.60. The number of nitrogens with two attached hydrogens (primary N) is 1. The van der Waals surface area contributed by atoms with Crippen molar-refractivity contribution in [2.45, 2.75) is 26.7 Å². The van der Waals surface area contributed by atoms with Crippen molar-refractivity contribution in [3.63, 3.8) is 0 Å². The SMILES string of the molecule is CCN(CC)C(=O)CN1CCN(C(=O)CCCN)CC1. The predicted molar refractivity (Wildman–Crippen MR) is 79.2 cm³/mol. The van der Waals surface area contributed by atoms with Crippen molar-refractivity contribution in [1.82, 2.24) is 14.7 Å². The monoisotopic (exact) mass is 284 g/mol. The van der Waals surface area contributed by atoms with Gasteiger partial charge in [-0.3, -0.25) is 14.5 Å². The second-order valence-corrected chi connectivity index (χ2v) is 5.12. The largest absolute Gasteiger partial charge is 0.342 e. The third-order valence-corrected chi connectivity index (χ3v) is 3.79. The highest BCUT2D eigenvalue weighted by Gasteiger charge is 2.23. The number of likely N-dealkylation sites (N-methyl/N-ethyl adjacent to an activating group) is 1. The van der Waals surface area contributed by atoms with Crippen LogP contribution in [-0.2, 0) is 9.59 Å². The van der Waals surface area contributed by atoms with Crippen LogP contribution in [0.4, 0.5) is 0 Å². The Morgan fingerprint density at radius 2 is 1.70 bits per heavy atom. The van der Waals surface area contributed by atoms with Crippen LogP contribution in [0.15, 0.2) is 0 Å². The molecule has 116 valence electrons. The van der Waals surface area contributed by atoms with E-state index < -0.39 is 0 Å². The zero-order chi connectivity index (χ0) is 15.0. The minimum atomic E-state index is 0.179. The molecule has 0 radical (unpaired) electrons. The Bertz CT molecular complexity index is 310. The van der Waals surface area contributed by atoms with Crippen LogP contribution in [0.5, 0.6) is 0 Å². The first-order valence-electron chi connectivity index (χ1n) is 7.60. The van der Waals surface area contributed by atoms with Crippen molar-refractivity contribution < 1.29 is 9.59 Å². The first-order chi connectivity index (χ1) is 9.62. The zero-order valence-electron chi connectivity index (χ0n) is 12.8. The van der Waals surface area contributed by atoms with Crippen LogP contribution >= 0.6 is 0 Å². The van der Waals surface area contributed by atoms with E-state index in [0.717, 1.165) is 45.7 Å².